The van der Waals surface area contributed by atoms with Crippen LogP contribution in [0.4, 0.5) is 4.79 Å². The molecule has 0 aromatic carbocycles. The molecule has 1 amide bonds. The Morgan fingerprint density at radius 1 is 0.532 bits per heavy atom. The van der Waals surface area contributed by atoms with Crippen LogP contribution in [0.1, 0.15) is 233 Å². The van der Waals surface area contributed by atoms with Crippen LogP contribution in [0.2, 0.25) is 0 Å². The van der Waals surface area contributed by atoms with Gasteiger partial charge in [-0.1, -0.05) is 187 Å². The highest BCUT2D eigenvalue weighted by Gasteiger charge is 2.17. The van der Waals surface area contributed by atoms with Gasteiger partial charge in [-0.25, -0.2) is 4.79 Å². The largest absolute Gasteiger partial charge is 0.446 e. The molecule has 0 aromatic rings. The second kappa shape index (κ2) is 36.5. The van der Waals surface area contributed by atoms with Gasteiger partial charge in [0.25, 0.3) is 0 Å². The van der Waals surface area contributed by atoms with Gasteiger partial charge in [0.2, 0.25) is 0 Å². The van der Waals surface area contributed by atoms with Crippen LogP contribution < -0.4 is 5.32 Å². The third-order valence-electron chi connectivity index (χ3n) is 9.75. The minimum atomic E-state index is -0.535. The van der Waals surface area contributed by atoms with Crippen molar-refractivity contribution in [3.8, 4) is 0 Å². The summed E-state index contributed by atoms with van der Waals surface area (Å²) in [4.78, 5) is 12.6. The second-order valence-electron chi connectivity index (χ2n) is 15.2. The van der Waals surface area contributed by atoms with Gasteiger partial charge in [-0.2, -0.15) is 0 Å². The third kappa shape index (κ3) is 36.3. The first-order chi connectivity index (χ1) is 22.9. The fraction of sp³-hybridized carbons (Fsp3) is 0.976. The molecule has 2 N–H and O–H groups in total. The smallest absolute Gasteiger partial charge is 0.407 e. The first-order valence-corrected chi connectivity index (χ1v) is 21.1. The average molecular weight is 668 g/mol. The van der Waals surface area contributed by atoms with Gasteiger partial charge >= 0.3 is 6.09 Å². The molecule has 5 nitrogen and oxygen atoms in total. The monoisotopic (exact) mass is 668 g/mol. The minimum absolute atomic E-state index is 0.0112. The maximum atomic E-state index is 12.6. The molecular weight excluding hydrogens is 582 g/mol. The van der Waals surface area contributed by atoms with E-state index in [2.05, 4.69) is 19.2 Å². The van der Waals surface area contributed by atoms with E-state index in [1.807, 2.05) is 13.8 Å². The zero-order chi connectivity index (χ0) is 34.5. The summed E-state index contributed by atoms with van der Waals surface area (Å²) in [6.07, 6.45) is 42.0. The Morgan fingerprint density at radius 2 is 0.851 bits per heavy atom. The molecule has 0 aliphatic carbocycles. The van der Waals surface area contributed by atoms with E-state index in [0.717, 1.165) is 25.7 Å². The van der Waals surface area contributed by atoms with Gasteiger partial charge in [-0.15, -0.1) is 0 Å². The van der Waals surface area contributed by atoms with Crippen molar-refractivity contribution >= 4 is 6.09 Å². The Labute approximate surface area is 294 Å². The lowest BCUT2D eigenvalue weighted by Crippen LogP contribution is -2.32. The van der Waals surface area contributed by atoms with E-state index in [1.54, 1.807) is 0 Å². The Kier molecular flexibility index (Phi) is 35.8. The van der Waals surface area contributed by atoms with Crippen molar-refractivity contribution in [2.24, 2.45) is 0 Å². The Morgan fingerprint density at radius 3 is 1.17 bits per heavy atom. The number of ether oxygens (including phenoxy) is 2. The van der Waals surface area contributed by atoms with Crippen molar-refractivity contribution in [2.75, 3.05) is 19.8 Å². The van der Waals surface area contributed by atoms with Gasteiger partial charge in [-0.05, 0) is 46.0 Å². The van der Waals surface area contributed by atoms with Crippen LogP contribution >= 0.6 is 0 Å². The SMILES string of the molecule is CCCCCCCCCCCCCCCCCC(CCCCCCCCCCCCCCCC)OC(=O)NCCCOC(C)(C)CO. The quantitative estimate of drug-likeness (QED) is 0.0643. The molecule has 0 aliphatic heterocycles. The molecule has 0 bridgehead atoms. The molecule has 0 spiro atoms. The molecule has 1 atom stereocenters. The molecule has 0 rings (SSSR count). The van der Waals surface area contributed by atoms with E-state index < -0.39 is 5.60 Å². The summed E-state index contributed by atoms with van der Waals surface area (Å²) in [5, 5.41) is 12.2. The van der Waals surface area contributed by atoms with Crippen molar-refractivity contribution in [1.82, 2.24) is 5.32 Å². The fourth-order valence-electron chi connectivity index (χ4n) is 6.42. The highest BCUT2D eigenvalue weighted by Crippen LogP contribution is 2.19. The average Bonchev–Trinajstić information content (AvgIpc) is 3.06. The van der Waals surface area contributed by atoms with E-state index in [-0.39, 0.29) is 18.8 Å². The molecular formula is C42H85NO4. The molecule has 282 valence electrons. The number of rotatable bonds is 38. The number of hydrogen-bond donors (Lipinski definition) is 2. The van der Waals surface area contributed by atoms with E-state index in [0.29, 0.717) is 19.6 Å². The molecule has 0 aliphatic rings. The van der Waals surface area contributed by atoms with Crippen molar-refractivity contribution in [1.29, 1.82) is 0 Å². The Bertz CT molecular complexity index is 626. The third-order valence-corrected chi connectivity index (χ3v) is 9.75. The van der Waals surface area contributed by atoms with Gasteiger partial charge in [0.15, 0.2) is 0 Å². The van der Waals surface area contributed by atoms with Gasteiger partial charge < -0.3 is 19.9 Å². The molecule has 0 aromatic heterocycles. The van der Waals surface area contributed by atoms with Gasteiger partial charge in [0.05, 0.1) is 12.2 Å². The van der Waals surface area contributed by atoms with E-state index >= 15 is 0 Å². The summed E-state index contributed by atoms with van der Waals surface area (Å²) in [6.45, 7) is 9.35. The molecule has 0 fully saturated rings. The van der Waals surface area contributed by atoms with Crippen molar-refractivity contribution in [3.05, 3.63) is 0 Å². The number of unbranched alkanes of at least 4 members (excludes halogenated alkanes) is 27. The molecule has 0 saturated heterocycles. The number of nitrogens with one attached hydrogen (secondary N) is 1. The summed E-state index contributed by atoms with van der Waals surface area (Å²) in [5.74, 6) is 0. The van der Waals surface area contributed by atoms with E-state index in [4.69, 9.17) is 9.47 Å². The van der Waals surface area contributed by atoms with Crippen LogP contribution in [0.15, 0.2) is 0 Å². The van der Waals surface area contributed by atoms with Crippen LogP contribution in [-0.2, 0) is 9.47 Å². The molecule has 5 heteroatoms. The first-order valence-electron chi connectivity index (χ1n) is 21.1. The van der Waals surface area contributed by atoms with Crippen molar-refractivity contribution in [3.63, 3.8) is 0 Å². The number of amides is 1. The lowest BCUT2D eigenvalue weighted by molar-refractivity contribution is -0.0539. The van der Waals surface area contributed by atoms with Crippen LogP contribution in [-0.4, -0.2) is 42.7 Å². The van der Waals surface area contributed by atoms with Gasteiger partial charge in [0.1, 0.15) is 6.10 Å². The number of hydrogen-bond acceptors (Lipinski definition) is 4. The number of aliphatic hydroxyl groups is 1. The highest BCUT2D eigenvalue weighted by molar-refractivity contribution is 5.67. The van der Waals surface area contributed by atoms with Crippen molar-refractivity contribution in [2.45, 2.75) is 245 Å². The fourth-order valence-corrected chi connectivity index (χ4v) is 6.42. The second-order valence-corrected chi connectivity index (χ2v) is 15.2. The Balaban J connectivity index is 4.07. The normalized spacial score (nSPS) is 12.4. The first kappa shape index (κ1) is 46.2. The molecule has 0 saturated carbocycles. The number of alkyl carbamates (subject to hydrolysis) is 1. The zero-order valence-corrected chi connectivity index (χ0v) is 32.5. The molecule has 1 unspecified atom stereocenters. The maximum Gasteiger partial charge on any atom is 0.407 e. The molecule has 47 heavy (non-hydrogen) atoms. The predicted molar refractivity (Wildman–Crippen MR) is 204 cm³/mol. The zero-order valence-electron chi connectivity index (χ0n) is 32.5. The lowest BCUT2D eigenvalue weighted by Gasteiger charge is -2.22. The highest BCUT2D eigenvalue weighted by atomic mass is 16.6. The lowest BCUT2D eigenvalue weighted by atomic mass is 10.0. The van der Waals surface area contributed by atoms with Crippen LogP contribution in [0.5, 0.6) is 0 Å². The summed E-state index contributed by atoms with van der Waals surface area (Å²) in [5.41, 5.74) is -0.535. The number of aliphatic hydroxyl groups excluding tert-OH is 1. The molecule has 0 radical (unpaired) electrons. The maximum absolute atomic E-state index is 12.6. The van der Waals surface area contributed by atoms with Crippen LogP contribution in [0.3, 0.4) is 0 Å². The van der Waals surface area contributed by atoms with Gasteiger partial charge in [-0.3, -0.25) is 0 Å². The summed E-state index contributed by atoms with van der Waals surface area (Å²) in [6, 6.07) is 0. The topological polar surface area (TPSA) is 67.8 Å². The standard InChI is InChI=1S/C42H85NO4/c1-5-7-9-11-13-15-17-19-21-23-25-27-29-31-33-36-40(47-41(45)43-37-34-38-46-42(3,4)39-44)35-32-30-28-26-24-22-20-18-16-14-12-10-8-6-2/h40,44H,5-39H2,1-4H3,(H,43,45). The summed E-state index contributed by atoms with van der Waals surface area (Å²) >= 11 is 0. The van der Waals surface area contributed by atoms with E-state index in [1.165, 1.54) is 173 Å². The number of carbonyl (C=O) groups excluding carboxylic acids is 1. The summed E-state index contributed by atoms with van der Waals surface area (Å²) in [7, 11) is 0. The van der Waals surface area contributed by atoms with Crippen molar-refractivity contribution < 1.29 is 19.4 Å². The number of carbonyl (C=O) groups is 1. The van der Waals surface area contributed by atoms with Gasteiger partial charge in [0, 0.05) is 13.2 Å². The molecule has 0 heterocycles. The van der Waals surface area contributed by atoms with Crippen LogP contribution in [0.25, 0.3) is 0 Å². The Hall–Kier alpha value is -0.810. The summed E-state index contributed by atoms with van der Waals surface area (Å²) < 4.78 is 11.6. The minimum Gasteiger partial charge on any atom is -0.446 e. The predicted octanol–water partition coefficient (Wildman–Crippen LogP) is 13.4. The van der Waals surface area contributed by atoms with E-state index in [9.17, 15) is 9.90 Å². The van der Waals surface area contributed by atoms with Crippen LogP contribution in [0, 0.1) is 0 Å².